The van der Waals surface area contributed by atoms with Gasteiger partial charge in [0.05, 0.1) is 0 Å². The molecule has 1 atom stereocenters. The van der Waals surface area contributed by atoms with Gasteiger partial charge in [0.2, 0.25) is 0 Å². The molecule has 0 saturated carbocycles. The molecule has 1 aliphatic rings. The summed E-state index contributed by atoms with van der Waals surface area (Å²) in [4.78, 5) is 2.48. The minimum Gasteiger partial charge on any atom is -0.319 e. The van der Waals surface area contributed by atoms with Gasteiger partial charge < -0.3 is 5.32 Å². The molecule has 0 spiro atoms. The second-order valence-electron chi connectivity index (χ2n) is 5.06. The van der Waals surface area contributed by atoms with Gasteiger partial charge in [0.25, 0.3) is 0 Å². The lowest BCUT2D eigenvalue weighted by atomic mass is 10.0. The highest BCUT2D eigenvalue weighted by Gasteiger charge is 2.22. The van der Waals surface area contributed by atoms with Crippen molar-refractivity contribution in [2.24, 2.45) is 0 Å². The molecule has 0 aliphatic carbocycles. The lowest BCUT2D eigenvalue weighted by Gasteiger charge is -2.17. The summed E-state index contributed by atoms with van der Waals surface area (Å²) in [6, 6.07) is 13.7. The van der Waals surface area contributed by atoms with Gasteiger partial charge in [-0.05, 0) is 48.9 Å². The highest BCUT2D eigenvalue weighted by Crippen LogP contribution is 2.45. The van der Waals surface area contributed by atoms with Crippen LogP contribution in [0.4, 0.5) is 4.39 Å². The molecule has 0 fully saturated rings. The van der Waals surface area contributed by atoms with Gasteiger partial charge in [0.15, 0.2) is 0 Å². The molecule has 0 aromatic heterocycles. The molecular weight excluding hydrogens is 301 g/mol. The van der Waals surface area contributed by atoms with Crippen molar-refractivity contribution >= 4 is 23.5 Å². The van der Waals surface area contributed by atoms with Crippen LogP contribution in [0.15, 0.2) is 52.3 Å². The van der Waals surface area contributed by atoms with E-state index in [4.69, 9.17) is 0 Å². The third-order valence-corrected chi connectivity index (χ3v) is 6.06. The van der Waals surface area contributed by atoms with Gasteiger partial charge in [-0.1, -0.05) is 30.0 Å². The van der Waals surface area contributed by atoms with Crippen molar-refractivity contribution in [3.8, 4) is 0 Å². The SMILES string of the molecule is CNCCSC1Cc2cc(F)ccc2Sc2ccccc21. The zero-order chi connectivity index (χ0) is 14.7. The molecule has 1 aliphatic heterocycles. The Morgan fingerprint density at radius 2 is 2.10 bits per heavy atom. The van der Waals surface area contributed by atoms with Crippen molar-refractivity contribution < 1.29 is 4.39 Å². The standard InChI is InChI=1S/C17H18FNS2/c1-19-8-9-20-17-11-12-10-13(18)6-7-15(12)21-16-5-3-2-4-14(16)17/h2-7,10,17,19H,8-9,11H2,1H3. The second kappa shape index (κ2) is 6.86. The predicted molar refractivity (Wildman–Crippen MR) is 89.8 cm³/mol. The van der Waals surface area contributed by atoms with Crippen molar-refractivity contribution in [2.45, 2.75) is 21.5 Å². The first-order chi connectivity index (χ1) is 10.3. The van der Waals surface area contributed by atoms with Gasteiger partial charge in [-0.2, -0.15) is 11.8 Å². The van der Waals surface area contributed by atoms with Gasteiger partial charge >= 0.3 is 0 Å². The predicted octanol–water partition coefficient (Wildman–Crippen LogP) is 4.53. The van der Waals surface area contributed by atoms with Crippen molar-refractivity contribution in [2.75, 3.05) is 19.3 Å². The minimum atomic E-state index is -0.140. The van der Waals surface area contributed by atoms with Crippen molar-refractivity contribution in [1.82, 2.24) is 5.32 Å². The Morgan fingerprint density at radius 1 is 1.24 bits per heavy atom. The molecule has 3 rings (SSSR count). The number of rotatable bonds is 4. The Bertz CT molecular complexity index is 630. The first kappa shape index (κ1) is 14.9. The summed E-state index contributed by atoms with van der Waals surface area (Å²) in [6.45, 7) is 0.993. The van der Waals surface area contributed by atoms with E-state index in [1.165, 1.54) is 15.4 Å². The van der Waals surface area contributed by atoms with E-state index in [9.17, 15) is 4.39 Å². The van der Waals surface area contributed by atoms with Crippen molar-refractivity contribution in [3.05, 3.63) is 59.4 Å². The van der Waals surface area contributed by atoms with E-state index in [1.54, 1.807) is 23.9 Å². The highest BCUT2D eigenvalue weighted by molar-refractivity contribution is 8.00. The molecule has 1 nitrogen and oxygen atoms in total. The molecule has 0 bridgehead atoms. The van der Waals surface area contributed by atoms with E-state index in [2.05, 4.69) is 29.6 Å². The number of thioether (sulfide) groups is 1. The Balaban J connectivity index is 1.95. The topological polar surface area (TPSA) is 12.0 Å². The highest BCUT2D eigenvalue weighted by atomic mass is 32.2. The summed E-state index contributed by atoms with van der Waals surface area (Å²) >= 11 is 3.71. The molecule has 2 aromatic carbocycles. The normalized spacial score (nSPS) is 17.0. The largest absolute Gasteiger partial charge is 0.319 e. The van der Waals surface area contributed by atoms with Gasteiger partial charge in [0.1, 0.15) is 5.82 Å². The molecule has 110 valence electrons. The van der Waals surface area contributed by atoms with Crippen LogP contribution in [0.1, 0.15) is 16.4 Å². The molecule has 0 saturated heterocycles. The van der Waals surface area contributed by atoms with Gasteiger partial charge in [-0.25, -0.2) is 4.39 Å². The number of benzene rings is 2. The van der Waals surface area contributed by atoms with Crippen LogP contribution in [0.25, 0.3) is 0 Å². The zero-order valence-corrected chi connectivity index (χ0v) is 13.6. The third-order valence-electron chi connectivity index (χ3n) is 3.58. The summed E-state index contributed by atoms with van der Waals surface area (Å²) in [7, 11) is 1.97. The average Bonchev–Trinajstić information content (AvgIpc) is 2.64. The Kier molecular flexibility index (Phi) is 4.88. The monoisotopic (exact) mass is 319 g/mol. The summed E-state index contributed by atoms with van der Waals surface area (Å²) in [5.74, 6) is 0.921. The zero-order valence-electron chi connectivity index (χ0n) is 11.9. The maximum absolute atomic E-state index is 13.6. The van der Waals surface area contributed by atoms with E-state index in [-0.39, 0.29) is 5.82 Å². The number of nitrogens with one attached hydrogen (secondary N) is 1. The number of hydrogen-bond acceptors (Lipinski definition) is 3. The van der Waals surface area contributed by atoms with Crippen LogP contribution in [-0.4, -0.2) is 19.3 Å². The molecule has 1 heterocycles. The van der Waals surface area contributed by atoms with Crippen LogP contribution >= 0.6 is 23.5 Å². The third kappa shape index (κ3) is 3.44. The lowest BCUT2D eigenvalue weighted by molar-refractivity contribution is 0.623. The van der Waals surface area contributed by atoms with Crippen LogP contribution < -0.4 is 5.32 Å². The fourth-order valence-corrected chi connectivity index (χ4v) is 5.01. The molecule has 0 radical (unpaired) electrons. The maximum Gasteiger partial charge on any atom is 0.123 e. The van der Waals surface area contributed by atoms with Crippen LogP contribution in [0, 0.1) is 5.82 Å². The summed E-state index contributed by atoms with van der Waals surface area (Å²) in [5.41, 5.74) is 2.50. The molecule has 2 aromatic rings. The molecule has 1 unspecified atom stereocenters. The maximum atomic E-state index is 13.6. The first-order valence-electron chi connectivity index (χ1n) is 7.09. The lowest BCUT2D eigenvalue weighted by Crippen LogP contribution is -2.11. The van der Waals surface area contributed by atoms with Crippen LogP contribution in [0.2, 0.25) is 0 Å². The average molecular weight is 319 g/mol. The van der Waals surface area contributed by atoms with Crippen LogP contribution in [0.3, 0.4) is 0 Å². The van der Waals surface area contributed by atoms with Gasteiger partial charge in [-0.15, -0.1) is 0 Å². The van der Waals surface area contributed by atoms with E-state index < -0.39 is 0 Å². The number of fused-ring (bicyclic) bond motifs is 2. The molecule has 1 N–H and O–H groups in total. The minimum absolute atomic E-state index is 0.140. The Labute approximate surface area is 133 Å². The van der Waals surface area contributed by atoms with Crippen molar-refractivity contribution in [1.29, 1.82) is 0 Å². The molecular formula is C17H18FNS2. The molecule has 4 heteroatoms. The Morgan fingerprint density at radius 3 is 2.95 bits per heavy atom. The summed E-state index contributed by atoms with van der Waals surface area (Å²) in [6.07, 6.45) is 0.894. The van der Waals surface area contributed by atoms with Gasteiger partial charge in [0, 0.05) is 27.3 Å². The van der Waals surface area contributed by atoms with Crippen molar-refractivity contribution in [3.63, 3.8) is 0 Å². The van der Waals surface area contributed by atoms with E-state index >= 15 is 0 Å². The number of halogens is 1. The molecule has 21 heavy (non-hydrogen) atoms. The number of hydrogen-bond donors (Lipinski definition) is 1. The van der Waals surface area contributed by atoms with Gasteiger partial charge in [-0.3, -0.25) is 0 Å². The quantitative estimate of drug-likeness (QED) is 0.832. The van der Waals surface area contributed by atoms with E-state index in [0.29, 0.717) is 5.25 Å². The smallest absolute Gasteiger partial charge is 0.123 e. The summed E-state index contributed by atoms with van der Waals surface area (Å²) < 4.78 is 13.6. The van der Waals surface area contributed by atoms with Crippen LogP contribution in [0.5, 0.6) is 0 Å². The first-order valence-corrected chi connectivity index (χ1v) is 8.96. The van der Waals surface area contributed by atoms with E-state index in [1.807, 2.05) is 24.9 Å². The van der Waals surface area contributed by atoms with E-state index in [0.717, 1.165) is 24.3 Å². The fraction of sp³-hybridized carbons (Fsp3) is 0.294. The second-order valence-corrected chi connectivity index (χ2v) is 7.45. The van der Waals surface area contributed by atoms with Crippen LogP contribution in [-0.2, 0) is 6.42 Å². The Hall–Kier alpha value is -0.970. The molecule has 0 amide bonds. The fourth-order valence-electron chi connectivity index (χ4n) is 2.53. The summed E-state index contributed by atoms with van der Waals surface area (Å²) in [5, 5.41) is 3.58.